The maximum Gasteiger partial charge on any atom is 0.246 e. The Bertz CT molecular complexity index is 933. The number of fused-ring (bicyclic) bond motifs is 2. The van der Waals surface area contributed by atoms with Gasteiger partial charge >= 0.3 is 0 Å². The lowest BCUT2D eigenvalue weighted by molar-refractivity contribution is -0.118. The van der Waals surface area contributed by atoms with E-state index in [2.05, 4.69) is 10.6 Å². The molecular weight excluding hydrogens is 378 g/mol. The van der Waals surface area contributed by atoms with Crippen molar-refractivity contribution >= 4 is 24.9 Å². The summed E-state index contributed by atoms with van der Waals surface area (Å²) in [5, 5.41) is 6.06. The second-order valence-electron chi connectivity index (χ2n) is 8.45. The molecule has 0 bridgehead atoms. The number of benzene rings is 2. The van der Waals surface area contributed by atoms with Crippen LogP contribution < -0.4 is 20.6 Å². The van der Waals surface area contributed by atoms with Crippen molar-refractivity contribution in [2.75, 3.05) is 18.5 Å². The van der Waals surface area contributed by atoms with E-state index in [0.29, 0.717) is 13.2 Å². The van der Waals surface area contributed by atoms with Crippen LogP contribution in [0, 0.1) is 11.6 Å². The summed E-state index contributed by atoms with van der Waals surface area (Å²) in [5.41, 5.74) is 3.22. The van der Waals surface area contributed by atoms with E-state index in [9.17, 15) is 13.6 Å². The van der Waals surface area contributed by atoms with Crippen molar-refractivity contribution in [2.24, 2.45) is 0 Å². The van der Waals surface area contributed by atoms with Gasteiger partial charge in [-0.1, -0.05) is 19.6 Å². The number of ether oxygens (including phenoxy) is 1. The number of carbonyl (C=O) groups excluding carboxylic acids is 1. The Morgan fingerprint density at radius 1 is 1.11 bits per heavy atom. The first kappa shape index (κ1) is 19.1. The third kappa shape index (κ3) is 3.44. The summed E-state index contributed by atoms with van der Waals surface area (Å²) in [6.07, 6.45) is 1.63. The zero-order valence-corrected chi connectivity index (χ0v) is 17.3. The van der Waals surface area contributed by atoms with Gasteiger partial charge in [0.2, 0.25) is 5.91 Å². The van der Waals surface area contributed by atoms with Crippen molar-refractivity contribution in [3.63, 3.8) is 0 Å². The molecule has 148 valence electrons. The third-order valence-electron chi connectivity index (χ3n) is 5.33. The summed E-state index contributed by atoms with van der Waals surface area (Å²) < 4.78 is 34.6. The van der Waals surface area contributed by atoms with E-state index in [1.807, 2.05) is 31.8 Å². The first-order valence-electron chi connectivity index (χ1n) is 9.56. The van der Waals surface area contributed by atoms with Crippen LogP contribution in [-0.2, 0) is 17.6 Å². The predicted molar refractivity (Wildman–Crippen MR) is 108 cm³/mol. The van der Waals surface area contributed by atoms with E-state index in [0.717, 1.165) is 35.3 Å². The summed E-state index contributed by atoms with van der Waals surface area (Å²) in [6.45, 7) is 6.97. The normalized spacial score (nSPS) is 18.2. The number of anilines is 1. The van der Waals surface area contributed by atoms with E-state index in [1.54, 1.807) is 0 Å². The van der Waals surface area contributed by atoms with Crippen LogP contribution in [0.4, 0.5) is 14.5 Å². The minimum Gasteiger partial charge on any atom is -0.493 e. The first-order valence-corrected chi connectivity index (χ1v) is 13.1. The van der Waals surface area contributed by atoms with Crippen molar-refractivity contribution in [1.82, 2.24) is 5.32 Å². The number of hydrogen-bond donors (Lipinski definition) is 2. The van der Waals surface area contributed by atoms with E-state index in [-0.39, 0.29) is 16.8 Å². The molecule has 0 radical (unpaired) electrons. The fraction of sp³-hybridized carbons (Fsp3) is 0.381. The van der Waals surface area contributed by atoms with Gasteiger partial charge in [0.25, 0.3) is 0 Å². The average molecular weight is 403 g/mol. The predicted octanol–water partition coefficient (Wildman–Crippen LogP) is 3.27. The highest BCUT2D eigenvalue weighted by atomic mass is 28.3. The minimum atomic E-state index is -2.16. The molecule has 0 spiro atoms. The number of rotatable bonds is 3. The van der Waals surface area contributed by atoms with Gasteiger partial charge < -0.3 is 15.4 Å². The van der Waals surface area contributed by atoms with Crippen molar-refractivity contribution in [3.05, 3.63) is 52.6 Å². The molecule has 2 heterocycles. The Morgan fingerprint density at radius 3 is 2.50 bits per heavy atom. The Morgan fingerprint density at radius 2 is 1.82 bits per heavy atom. The van der Waals surface area contributed by atoms with Crippen LogP contribution in [0.15, 0.2) is 24.3 Å². The zero-order valence-electron chi connectivity index (χ0n) is 16.3. The molecule has 2 aromatic rings. The second-order valence-corrected chi connectivity index (χ2v) is 13.4. The number of halogens is 2. The van der Waals surface area contributed by atoms with Crippen LogP contribution in [0.3, 0.4) is 0 Å². The summed E-state index contributed by atoms with van der Waals surface area (Å²) in [5.74, 6) is -0.617. The molecule has 4 nitrogen and oxygen atoms in total. The molecule has 0 saturated carbocycles. The standard InChI is InChI=1S/C21H24F2N2O2Si/c1-28(2,3)20-16(22)10-14(11-17(20)23)25-21(26)19-15-8-13-5-7-27-18(13)9-12(15)4-6-24-19/h8-11,19,24H,4-7H2,1-3H3,(H,25,26). The Kier molecular flexibility index (Phi) is 4.75. The Balaban J connectivity index is 1.61. The highest BCUT2D eigenvalue weighted by Crippen LogP contribution is 2.34. The van der Waals surface area contributed by atoms with Crippen molar-refractivity contribution in [2.45, 2.75) is 38.5 Å². The van der Waals surface area contributed by atoms with Gasteiger partial charge in [-0.3, -0.25) is 4.79 Å². The average Bonchev–Trinajstić information content (AvgIpc) is 3.04. The Labute approximate surface area is 164 Å². The van der Waals surface area contributed by atoms with Crippen molar-refractivity contribution in [3.8, 4) is 5.75 Å². The van der Waals surface area contributed by atoms with E-state index < -0.39 is 25.8 Å². The van der Waals surface area contributed by atoms with Crippen LogP contribution in [0.1, 0.15) is 22.7 Å². The molecule has 2 aliphatic rings. The van der Waals surface area contributed by atoms with Gasteiger partial charge in [-0.05, 0) is 47.4 Å². The molecule has 1 atom stereocenters. The molecule has 0 aromatic heterocycles. The van der Waals surface area contributed by atoms with Crippen LogP contribution >= 0.6 is 0 Å². The van der Waals surface area contributed by atoms with E-state index in [1.165, 1.54) is 12.1 Å². The molecule has 0 aliphatic carbocycles. The number of hydrogen-bond acceptors (Lipinski definition) is 3. The zero-order chi connectivity index (χ0) is 20.1. The largest absolute Gasteiger partial charge is 0.493 e. The van der Waals surface area contributed by atoms with Crippen LogP contribution in [0.5, 0.6) is 5.75 Å². The topological polar surface area (TPSA) is 50.4 Å². The van der Waals surface area contributed by atoms with Crippen LogP contribution in [0.25, 0.3) is 0 Å². The lowest BCUT2D eigenvalue weighted by atomic mass is 9.91. The second kappa shape index (κ2) is 6.97. The molecule has 0 fully saturated rings. The lowest BCUT2D eigenvalue weighted by Gasteiger charge is -2.27. The highest BCUT2D eigenvalue weighted by Gasteiger charge is 2.30. The van der Waals surface area contributed by atoms with Gasteiger partial charge in [0.15, 0.2) is 0 Å². The number of amides is 1. The molecule has 2 N–H and O–H groups in total. The fourth-order valence-corrected chi connectivity index (χ4v) is 5.62. The van der Waals surface area contributed by atoms with Crippen LogP contribution in [-0.4, -0.2) is 27.1 Å². The van der Waals surface area contributed by atoms with Gasteiger partial charge in [-0.25, -0.2) is 8.78 Å². The molecule has 1 amide bonds. The molecule has 2 aliphatic heterocycles. The molecule has 0 saturated heterocycles. The fourth-order valence-electron chi connectivity index (χ4n) is 4.04. The quantitative estimate of drug-likeness (QED) is 0.775. The maximum absolute atomic E-state index is 14.5. The van der Waals surface area contributed by atoms with E-state index >= 15 is 0 Å². The molecule has 28 heavy (non-hydrogen) atoms. The summed E-state index contributed by atoms with van der Waals surface area (Å²) in [4.78, 5) is 12.9. The first-order chi connectivity index (χ1) is 13.2. The SMILES string of the molecule is C[Si](C)(C)c1c(F)cc(NC(=O)C2NCCc3cc4c(cc32)CCO4)cc1F. The lowest BCUT2D eigenvalue weighted by Crippen LogP contribution is -2.42. The van der Waals surface area contributed by atoms with Gasteiger partial charge in [0.1, 0.15) is 23.4 Å². The van der Waals surface area contributed by atoms with Gasteiger partial charge in [-0.2, -0.15) is 0 Å². The molecule has 2 aromatic carbocycles. The van der Waals surface area contributed by atoms with Crippen molar-refractivity contribution < 1.29 is 18.3 Å². The summed E-state index contributed by atoms with van der Waals surface area (Å²) in [7, 11) is -2.16. The van der Waals surface area contributed by atoms with Crippen molar-refractivity contribution in [1.29, 1.82) is 0 Å². The van der Waals surface area contributed by atoms with Crippen LogP contribution in [0.2, 0.25) is 19.6 Å². The molecule has 1 unspecified atom stereocenters. The molecule has 7 heteroatoms. The number of nitrogens with one attached hydrogen (secondary N) is 2. The van der Waals surface area contributed by atoms with Gasteiger partial charge in [0.05, 0.1) is 14.7 Å². The van der Waals surface area contributed by atoms with E-state index in [4.69, 9.17) is 4.74 Å². The van der Waals surface area contributed by atoms with Gasteiger partial charge in [0, 0.05) is 23.8 Å². The highest BCUT2D eigenvalue weighted by molar-refractivity contribution is 6.88. The molecule has 4 rings (SSSR count). The monoisotopic (exact) mass is 402 g/mol. The minimum absolute atomic E-state index is 0.139. The summed E-state index contributed by atoms with van der Waals surface area (Å²) >= 11 is 0. The number of carbonyl (C=O) groups is 1. The van der Waals surface area contributed by atoms with Gasteiger partial charge in [-0.15, -0.1) is 0 Å². The maximum atomic E-state index is 14.5. The Hall–Kier alpha value is -2.25. The third-order valence-corrected chi connectivity index (χ3v) is 7.30. The smallest absolute Gasteiger partial charge is 0.246 e. The summed E-state index contributed by atoms with van der Waals surface area (Å²) in [6, 6.07) is 5.91. The molecular formula is C21H24F2N2O2Si.